The van der Waals surface area contributed by atoms with Crippen LogP contribution in [-0.4, -0.2) is 32.3 Å². The van der Waals surface area contributed by atoms with Gasteiger partial charge in [-0.15, -0.1) is 0 Å². The second-order valence-corrected chi connectivity index (χ2v) is 4.83. The number of benzene rings is 1. The molecule has 2 N–H and O–H groups in total. The van der Waals surface area contributed by atoms with Crippen LogP contribution in [0.25, 0.3) is 11.0 Å². The quantitative estimate of drug-likeness (QED) is 0.866. The molecule has 5 nitrogen and oxygen atoms in total. The molecule has 0 radical (unpaired) electrons. The van der Waals surface area contributed by atoms with Crippen molar-refractivity contribution in [2.45, 2.75) is 32.7 Å². The molecule has 1 aromatic carbocycles. The molecule has 5 heteroatoms. The highest BCUT2D eigenvalue weighted by Crippen LogP contribution is 2.25. The van der Waals surface area contributed by atoms with Gasteiger partial charge in [-0.25, -0.2) is 9.78 Å². The van der Waals surface area contributed by atoms with E-state index in [1.807, 2.05) is 24.5 Å². The molecule has 0 amide bonds. The van der Waals surface area contributed by atoms with Crippen LogP contribution in [0.4, 0.5) is 0 Å². The lowest BCUT2D eigenvalue weighted by Gasteiger charge is -2.11. The van der Waals surface area contributed by atoms with E-state index in [2.05, 4.69) is 4.98 Å². The number of carboxylic acids is 1. The summed E-state index contributed by atoms with van der Waals surface area (Å²) in [7, 11) is 0. The Balaban J connectivity index is 2.69. The van der Waals surface area contributed by atoms with Gasteiger partial charge in [0.15, 0.2) is 0 Å². The third-order valence-electron chi connectivity index (χ3n) is 3.08. The predicted octanol–water partition coefficient (Wildman–Crippen LogP) is 2.24. The molecule has 0 unspecified atom stereocenters. The van der Waals surface area contributed by atoms with E-state index in [0.717, 1.165) is 5.82 Å². The van der Waals surface area contributed by atoms with Crippen LogP contribution in [0, 0.1) is 0 Å². The Morgan fingerprint density at radius 3 is 2.74 bits per heavy atom. The van der Waals surface area contributed by atoms with E-state index >= 15 is 0 Å². The zero-order chi connectivity index (χ0) is 14.0. The lowest BCUT2D eigenvalue weighted by Crippen LogP contribution is -2.09. The van der Waals surface area contributed by atoms with Gasteiger partial charge in [-0.2, -0.15) is 0 Å². The second-order valence-electron chi connectivity index (χ2n) is 4.83. The number of aromatic carboxylic acids is 1. The largest absolute Gasteiger partial charge is 0.478 e. The smallest absolute Gasteiger partial charge is 0.337 e. The number of imidazole rings is 1. The van der Waals surface area contributed by atoms with E-state index in [1.165, 1.54) is 0 Å². The zero-order valence-corrected chi connectivity index (χ0v) is 11.1. The summed E-state index contributed by atoms with van der Waals surface area (Å²) in [4.78, 5) is 15.9. The fourth-order valence-electron chi connectivity index (χ4n) is 2.27. The minimum absolute atomic E-state index is 0.0758. The fraction of sp³-hybridized carbons (Fsp3) is 0.429. The first-order valence-electron chi connectivity index (χ1n) is 6.39. The highest BCUT2D eigenvalue weighted by atomic mass is 16.4. The number of aliphatic hydroxyl groups is 1. The number of carbonyl (C=O) groups is 1. The zero-order valence-electron chi connectivity index (χ0n) is 11.1. The Morgan fingerprint density at radius 1 is 1.42 bits per heavy atom. The average Bonchev–Trinajstić information content (AvgIpc) is 2.74. The Bertz CT molecular complexity index is 602. The van der Waals surface area contributed by atoms with Gasteiger partial charge in [-0.3, -0.25) is 0 Å². The Kier molecular flexibility index (Phi) is 3.85. The van der Waals surface area contributed by atoms with Crippen molar-refractivity contribution in [3.05, 3.63) is 29.6 Å². The summed E-state index contributed by atoms with van der Waals surface area (Å²) in [6.45, 7) is 4.70. The molecular formula is C14H18N2O3. The molecule has 0 aliphatic heterocycles. The van der Waals surface area contributed by atoms with E-state index in [9.17, 15) is 9.90 Å². The number of aryl methyl sites for hydroxylation is 1. The molecule has 1 heterocycles. The van der Waals surface area contributed by atoms with Gasteiger partial charge in [0.25, 0.3) is 0 Å². The molecule has 1 aromatic heterocycles. The first kappa shape index (κ1) is 13.5. The van der Waals surface area contributed by atoms with Crippen molar-refractivity contribution in [2.75, 3.05) is 6.61 Å². The molecule has 19 heavy (non-hydrogen) atoms. The van der Waals surface area contributed by atoms with Gasteiger partial charge < -0.3 is 14.8 Å². The summed E-state index contributed by atoms with van der Waals surface area (Å²) in [5.74, 6) is 0.107. The molecule has 0 atom stereocenters. The number of nitrogens with zero attached hydrogens (tertiary/aromatic N) is 2. The standard InChI is InChI=1S/C14H18N2O3/c1-9(2)13-15-11-6-3-5-10(14(18)19)12(11)16(13)7-4-8-17/h3,5-6,9,17H,4,7-8H2,1-2H3,(H,18,19). The lowest BCUT2D eigenvalue weighted by atomic mass is 10.1. The first-order valence-corrected chi connectivity index (χ1v) is 6.39. The molecule has 0 aliphatic carbocycles. The van der Waals surface area contributed by atoms with Gasteiger partial charge in [-0.05, 0) is 18.6 Å². The number of aromatic nitrogens is 2. The fourth-order valence-corrected chi connectivity index (χ4v) is 2.27. The molecule has 0 spiro atoms. The van der Waals surface area contributed by atoms with Crippen LogP contribution in [0.15, 0.2) is 18.2 Å². The van der Waals surface area contributed by atoms with E-state index in [4.69, 9.17) is 5.11 Å². The highest BCUT2D eigenvalue weighted by molar-refractivity contribution is 6.01. The van der Waals surface area contributed by atoms with Crippen molar-refractivity contribution in [3.63, 3.8) is 0 Å². The van der Waals surface area contributed by atoms with Crippen LogP contribution < -0.4 is 0 Å². The van der Waals surface area contributed by atoms with Gasteiger partial charge >= 0.3 is 5.97 Å². The van der Waals surface area contributed by atoms with Crippen LogP contribution in [-0.2, 0) is 6.54 Å². The average molecular weight is 262 g/mol. The molecule has 102 valence electrons. The molecule has 0 bridgehead atoms. The maximum Gasteiger partial charge on any atom is 0.337 e. The molecule has 2 aromatic rings. The molecule has 0 saturated carbocycles. The van der Waals surface area contributed by atoms with Crippen LogP contribution >= 0.6 is 0 Å². The predicted molar refractivity (Wildman–Crippen MR) is 72.5 cm³/mol. The van der Waals surface area contributed by atoms with E-state index in [-0.39, 0.29) is 18.1 Å². The summed E-state index contributed by atoms with van der Waals surface area (Å²) < 4.78 is 1.92. The number of rotatable bonds is 5. The third-order valence-corrected chi connectivity index (χ3v) is 3.08. The molecule has 0 fully saturated rings. The highest BCUT2D eigenvalue weighted by Gasteiger charge is 2.18. The third kappa shape index (κ3) is 2.46. The van der Waals surface area contributed by atoms with Gasteiger partial charge in [0.2, 0.25) is 0 Å². The topological polar surface area (TPSA) is 75.3 Å². The number of aliphatic hydroxyl groups excluding tert-OH is 1. The molecule has 0 saturated heterocycles. The van der Waals surface area contributed by atoms with Gasteiger partial charge in [-0.1, -0.05) is 19.9 Å². The summed E-state index contributed by atoms with van der Waals surface area (Å²) in [6, 6.07) is 5.12. The van der Waals surface area contributed by atoms with Crippen molar-refractivity contribution in [3.8, 4) is 0 Å². The maximum atomic E-state index is 11.3. The summed E-state index contributed by atoms with van der Waals surface area (Å²) in [5.41, 5.74) is 1.60. The van der Waals surface area contributed by atoms with Crippen molar-refractivity contribution in [1.82, 2.24) is 9.55 Å². The van der Waals surface area contributed by atoms with Crippen LogP contribution in [0.2, 0.25) is 0 Å². The maximum absolute atomic E-state index is 11.3. The molecular weight excluding hydrogens is 244 g/mol. The van der Waals surface area contributed by atoms with E-state index in [1.54, 1.807) is 12.1 Å². The minimum atomic E-state index is -0.953. The van der Waals surface area contributed by atoms with Crippen molar-refractivity contribution >= 4 is 17.0 Å². The van der Waals surface area contributed by atoms with Gasteiger partial charge in [0, 0.05) is 19.1 Å². The number of fused-ring (bicyclic) bond motifs is 1. The molecule has 2 rings (SSSR count). The summed E-state index contributed by atoms with van der Waals surface area (Å²) in [5, 5.41) is 18.3. The number of hydrogen-bond acceptors (Lipinski definition) is 3. The van der Waals surface area contributed by atoms with Crippen molar-refractivity contribution in [2.24, 2.45) is 0 Å². The van der Waals surface area contributed by atoms with Gasteiger partial charge in [0.1, 0.15) is 5.82 Å². The summed E-state index contributed by atoms with van der Waals surface area (Å²) >= 11 is 0. The van der Waals surface area contributed by atoms with E-state index < -0.39 is 5.97 Å². The SMILES string of the molecule is CC(C)c1nc2cccc(C(=O)O)c2n1CCCO. The number of para-hydroxylation sites is 1. The Labute approximate surface area is 111 Å². The van der Waals surface area contributed by atoms with Crippen LogP contribution in [0.5, 0.6) is 0 Å². The first-order chi connectivity index (χ1) is 9.06. The normalized spacial score (nSPS) is 11.4. The van der Waals surface area contributed by atoms with Crippen molar-refractivity contribution < 1.29 is 15.0 Å². The van der Waals surface area contributed by atoms with Crippen molar-refractivity contribution in [1.29, 1.82) is 0 Å². The second kappa shape index (κ2) is 5.40. The minimum Gasteiger partial charge on any atom is -0.478 e. The van der Waals surface area contributed by atoms with E-state index in [0.29, 0.717) is 24.0 Å². The Morgan fingerprint density at radius 2 is 2.16 bits per heavy atom. The Hall–Kier alpha value is -1.88. The molecule has 0 aliphatic rings. The monoisotopic (exact) mass is 262 g/mol. The summed E-state index contributed by atoms with van der Waals surface area (Å²) in [6.07, 6.45) is 0.582. The van der Waals surface area contributed by atoms with Gasteiger partial charge in [0.05, 0.1) is 16.6 Å². The van der Waals surface area contributed by atoms with Crippen LogP contribution in [0.3, 0.4) is 0 Å². The number of hydrogen-bond donors (Lipinski definition) is 2. The van der Waals surface area contributed by atoms with Crippen LogP contribution in [0.1, 0.15) is 42.4 Å². The number of carboxylic acid groups (broad SMARTS) is 1. The lowest BCUT2D eigenvalue weighted by molar-refractivity contribution is 0.0698.